The molecule has 56 heavy (non-hydrogen) atoms. The number of ether oxygens (including phenoxy) is 2. The van der Waals surface area contributed by atoms with Crippen molar-refractivity contribution in [3.05, 3.63) is 0 Å². The summed E-state index contributed by atoms with van der Waals surface area (Å²) in [5.74, 6) is -0.0255. The van der Waals surface area contributed by atoms with Crippen LogP contribution in [-0.4, -0.2) is 60.9 Å². The Morgan fingerprint density at radius 2 is 0.929 bits per heavy atom. The third-order valence-corrected chi connectivity index (χ3v) is 12.0. The Balaban J connectivity index is 4.49. The van der Waals surface area contributed by atoms with E-state index < -0.39 is 5.41 Å². The molecule has 0 amide bonds. The molecule has 0 aliphatic heterocycles. The Bertz CT molecular complexity index is 858. The van der Waals surface area contributed by atoms with Crippen LogP contribution in [0.15, 0.2) is 0 Å². The second-order valence-corrected chi connectivity index (χ2v) is 19.0. The van der Waals surface area contributed by atoms with E-state index in [2.05, 4.69) is 39.5 Å². The summed E-state index contributed by atoms with van der Waals surface area (Å²) in [6, 6.07) is 0. The van der Waals surface area contributed by atoms with E-state index in [9.17, 15) is 14.7 Å². The number of hydrogen-bond donors (Lipinski definition) is 1. The fraction of sp³-hybridized carbons (Fsp3) is 0.960. The van der Waals surface area contributed by atoms with E-state index in [-0.39, 0.29) is 30.1 Å². The largest absolute Gasteiger partial charge is 0.465 e. The maximum atomic E-state index is 13.2. The van der Waals surface area contributed by atoms with Gasteiger partial charge in [-0.2, -0.15) is 0 Å². The number of aliphatic hydroxyl groups is 1. The Kier molecular flexibility index (Phi) is 37.3. The topological polar surface area (TPSA) is 76.1 Å². The van der Waals surface area contributed by atoms with Gasteiger partial charge in [0.25, 0.3) is 0 Å². The van der Waals surface area contributed by atoms with E-state index in [1.807, 2.05) is 13.8 Å². The first-order chi connectivity index (χ1) is 27.0. The zero-order chi connectivity index (χ0) is 41.6. The molecule has 0 aromatic rings. The molecule has 0 atom stereocenters. The number of nitrogens with zero attached hydrogens (tertiary/aromatic N) is 1. The van der Waals surface area contributed by atoms with Crippen molar-refractivity contribution >= 4 is 11.9 Å². The minimum Gasteiger partial charge on any atom is -0.465 e. The molecular weight excluding hydrogens is 695 g/mol. The Hall–Kier alpha value is -1.14. The Morgan fingerprint density at radius 3 is 1.45 bits per heavy atom. The summed E-state index contributed by atoms with van der Waals surface area (Å²) in [5.41, 5.74) is -0.448. The highest BCUT2D eigenvalue weighted by molar-refractivity contribution is 5.75. The molecule has 0 aliphatic rings. The fourth-order valence-electron chi connectivity index (χ4n) is 7.95. The van der Waals surface area contributed by atoms with E-state index >= 15 is 0 Å². The van der Waals surface area contributed by atoms with E-state index in [0.717, 1.165) is 90.3 Å². The first-order valence-electron chi connectivity index (χ1n) is 24.7. The van der Waals surface area contributed by atoms with Gasteiger partial charge in [0, 0.05) is 6.61 Å². The predicted octanol–water partition coefficient (Wildman–Crippen LogP) is 14.7. The van der Waals surface area contributed by atoms with Gasteiger partial charge in [0.15, 0.2) is 0 Å². The Morgan fingerprint density at radius 1 is 0.518 bits per heavy atom. The standard InChI is InChI=1S/C50H99NO5/c1-8-11-14-17-20-25-35-44-55-48(54)50(6,7)39-30-23-24-31-40-51(42-33-34-43-52)41-32-26-29-38-49(4,5)45-47(53)56-46(36-27-21-18-15-12-9-2)37-28-22-19-16-13-10-3/h46,52H,8-45H2,1-7H3. The second-order valence-electron chi connectivity index (χ2n) is 19.0. The van der Waals surface area contributed by atoms with Crippen molar-refractivity contribution in [1.29, 1.82) is 0 Å². The number of aliphatic hydroxyl groups excluding tert-OH is 1. The van der Waals surface area contributed by atoms with Crippen LogP contribution in [0.2, 0.25) is 0 Å². The highest BCUT2D eigenvalue weighted by Gasteiger charge is 2.28. The van der Waals surface area contributed by atoms with Crippen molar-refractivity contribution in [2.24, 2.45) is 10.8 Å². The van der Waals surface area contributed by atoms with Crippen LogP contribution in [0.1, 0.15) is 260 Å². The average molecular weight is 794 g/mol. The summed E-state index contributed by atoms with van der Waals surface area (Å²) < 4.78 is 11.8. The molecule has 1 N–H and O–H groups in total. The van der Waals surface area contributed by atoms with Crippen LogP contribution in [0.5, 0.6) is 0 Å². The highest BCUT2D eigenvalue weighted by atomic mass is 16.5. The molecule has 6 heteroatoms. The molecule has 0 bridgehead atoms. The van der Waals surface area contributed by atoms with Crippen LogP contribution in [-0.2, 0) is 19.1 Å². The second kappa shape index (κ2) is 38.1. The van der Waals surface area contributed by atoms with Gasteiger partial charge in [-0.3, -0.25) is 9.59 Å². The van der Waals surface area contributed by atoms with E-state index in [1.54, 1.807) is 0 Å². The third kappa shape index (κ3) is 34.9. The number of carbonyl (C=O) groups is 2. The quantitative estimate of drug-likeness (QED) is 0.0489. The molecule has 0 spiro atoms. The van der Waals surface area contributed by atoms with Gasteiger partial charge in [0.05, 0.1) is 18.4 Å². The van der Waals surface area contributed by atoms with Crippen molar-refractivity contribution in [3.8, 4) is 0 Å². The molecule has 0 saturated carbocycles. The van der Waals surface area contributed by atoms with Crippen LogP contribution < -0.4 is 0 Å². The van der Waals surface area contributed by atoms with Gasteiger partial charge >= 0.3 is 11.9 Å². The number of rotatable bonds is 43. The monoisotopic (exact) mass is 794 g/mol. The summed E-state index contributed by atoms with van der Waals surface area (Å²) in [4.78, 5) is 28.5. The van der Waals surface area contributed by atoms with Crippen LogP contribution in [0, 0.1) is 10.8 Å². The zero-order valence-corrected chi connectivity index (χ0v) is 39.0. The first-order valence-corrected chi connectivity index (χ1v) is 24.7. The summed E-state index contributed by atoms with van der Waals surface area (Å²) >= 11 is 0. The predicted molar refractivity (Wildman–Crippen MR) is 241 cm³/mol. The van der Waals surface area contributed by atoms with Gasteiger partial charge in [-0.25, -0.2) is 0 Å². The van der Waals surface area contributed by atoms with Crippen LogP contribution >= 0.6 is 0 Å². The fourth-order valence-corrected chi connectivity index (χ4v) is 7.95. The third-order valence-electron chi connectivity index (χ3n) is 12.0. The van der Waals surface area contributed by atoms with Gasteiger partial charge in [0.2, 0.25) is 0 Å². The van der Waals surface area contributed by atoms with Crippen molar-refractivity contribution in [2.75, 3.05) is 32.8 Å². The lowest BCUT2D eigenvalue weighted by atomic mass is 9.83. The van der Waals surface area contributed by atoms with Crippen molar-refractivity contribution in [3.63, 3.8) is 0 Å². The van der Waals surface area contributed by atoms with Gasteiger partial charge in [-0.05, 0) is 110 Å². The summed E-state index contributed by atoms with van der Waals surface area (Å²) in [7, 11) is 0. The molecule has 0 fully saturated rings. The van der Waals surface area contributed by atoms with Crippen molar-refractivity contribution < 1.29 is 24.2 Å². The zero-order valence-electron chi connectivity index (χ0n) is 39.0. The van der Waals surface area contributed by atoms with Gasteiger partial charge in [-0.15, -0.1) is 0 Å². The normalized spacial score (nSPS) is 12.2. The number of carbonyl (C=O) groups excluding carboxylic acids is 2. The molecular formula is C50H99NO5. The molecule has 0 heterocycles. The van der Waals surface area contributed by atoms with E-state index in [0.29, 0.717) is 13.0 Å². The minimum atomic E-state index is -0.408. The SMILES string of the molecule is CCCCCCCCCOC(=O)C(C)(C)CCCCCCN(CCCCO)CCCCCC(C)(C)CC(=O)OC(CCCCCCCC)CCCCCCCC. The van der Waals surface area contributed by atoms with Gasteiger partial charge in [0.1, 0.15) is 6.10 Å². The number of esters is 2. The number of hydrogen-bond acceptors (Lipinski definition) is 6. The maximum Gasteiger partial charge on any atom is 0.311 e. The molecule has 6 nitrogen and oxygen atoms in total. The van der Waals surface area contributed by atoms with E-state index in [1.165, 1.54) is 135 Å². The van der Waals surface area contributed by atoms with Gasteiger partial charge < -0.3 is 19.5 Å². The highest BCUT2D eigenvalue weighted by Crippen LogP contribution is 2.30. The van der Waals surface area contributed by atoms with Crippen molar-refractivity contribution in [1.82, 2.24) is 4.90 Å². The summed E-state index contributed by atoms with van der Waals surface area (Å²) in [6.07, 6.45) is 38.5. The van der Waals surface area contributed by atoms with Crippen molar-refractivity contribution in [2.45, 2.75) is 266 Å². The first kappa shape index (κ1) is 54.9. The van der Waals surface area contributed by atoms with Crippen LogP contribution in [0.25, 0.3) is 0 Å². The molecule has 0 unspecified atom stereocenters. The smallest absolute Gasteiger partial charge is 0.311 e. The number of unbranched alkanes of at least 4 members (excludes halogenated alkanes) is 22. The molecule has 0 aromatic heterocycles. The molecule has 334 valence electrons. The van der Waals surface area contributed by atoms with Crippen LogP contribution in [0.4, 0.5) is 0 Å². The summed E-state index contributed by atoms with van der Waals surface area (Å²) in [5, 5.41) is 9.36. The lowest BCUT2D eigenvalue weighted by Crippen LogP contribution is -2.28. The molecule has 0 saturated heterocycles. The average Bonchev–Trinajstić information content (AvgIpc) is 3.15. The Labute approximate surface area is 350 Å². The molecule has 0 aromatic carbocycles. The summed E-state index contributed by atoms with van der Waals surface area (Å²) in [6.45, 7) is 19.4. The lowest BCUT2D eigenvalue weighted by Gasteiger charge is -2.26. The van der Waals surface area contributed by atoms with Crippen LogP contribution in [0.3, 0.4) is 0 Å². The molecule has 0 rings (SSSR count). The lowest BCUT2D eigenvalue weighted by molar-refractivity contribution is -0.154. The maximum absolute atomic E-state index is 13.2. The molecule has 0 radical (unpaired) electrons. The van der Waals surface area contributed by atoms with Gasteiger partial charge in [-0.1, -0.05) is 169 Å². The molecule has 0 aliphatic carbocycles. The van der Waals surface area contributed by atoms with E-state index in [4.69, 9.17) is 9.47 Å². The minimum absolute atomic E-state index is 0.00863.